The highest BCUT2D eigenvalue weighted by Crippen LogP contribution is 2.12. The number of hydrogen-bond donors (Lipinski definition) is 0. The zero-order valence-electron chi connectivity index (χ0n) is 7.86. The molecule has 1 aromatic heterocycles. The largest absolute Gasteiger partial charge is 0.381 e. The van der Waals surface area contributed by atoms with Gasteiger partial charge in [-0.1, -0.05) is 0 Å². The van der Waals surface area contributed by atoms with E-state index in [9.17, 15) is 0 Å². The van der Waals surface area contributed by atoms with E-state index in [0.29, 0.717) is 12.8 Å². The predicted molar refractivity (Wildman–Crippen MR) is 54.9 cm³/mol. The quantitative estimate of drug-likeness (QED) is 0.832. The molecule has 78 valence electrons. The molecule has 0 N–H and O–H groups in total. The second kappa shape index (κ2) is 4.91. The minimum atomic E-state index is 0.326. The third-order valence-electron chi connectivity index (χ3n) is 2.21. The maximum absolute atomic E-state index is 5.68. The fraction of sp³-hybridized carbons (Fsp3) is 0.667. The molecule has 0 amide bonds. The van der Waals surface area contributed by atoms with Crippen molar-refractivity contribution in [1.82, 2.24) is 9.78 Å². The van der Waals surface area contributed by atoms with Gasteiger partial charge in [0.15, 0.2) is 0 Å². The van der Waals surface area contributed by atoms with Crippen LogP contribution in [0.4, 0.5) is 0 Å². The van der Waals surface area contributed by atoms with Gasteiger partial charge in [-0.25, -0.2) is 4.68 Å². The highest BCUT2D eigenvalue weighted by atomic mass is 79.9. The average molecular weight is 261 g/mol. The molecule has 0 radical (unpaired) electrons. The van der Waals surface area contributed by atoms with Crippen molar-refractivity contribution >= 4 is 15.9 Å². The van der Waals surface area contributed by atoms with Gasteiger partial charge in [0.1, 0.15) is 6.73 Å². The van der Waals surface area contributed by atoms with Crippen LogP contribution < -0.4 is 0 Å². The van der Waals surface area contributed by atoms with Gasteiger partial charge in [-0.2, -0.15) is 5.10 Å². The Labute approximate surface area is 91.3 Å². The molecule has 0 aromatic carbocycles. The van der Waals surface area contributed by atoms with Crippen LogP contribution in [-0.4, -0.2) is 29.1 Å². The Kier molecular flexibility index (Phi) is 3.55. The van der Waals surface area contributed by atoms with Crippen molar-refractivity contribution in [2.24, 2.45) is 0 Å². The summed E-state index contributed by atoms with van der Waals surface area (Å²) in [5.41, 5.74) is 0. The van der Waals surface area contributed by atoms with Crippen molar-refractivity contribution in [1.29, 1.82) is 0 Å². The third-order valence-corrected chi connectivity index (χ3v) is 2.62. The highest BCUT2D eigenvalue weighted by molar-refractivity contribution is 9.10. The van der Waals surface area contributed by atoms with E-state index in [2.05, 4.69) is 21.0 Å². The molecule has 0 aliphatic carbocycles. The van der Waals surface area contributed by atoms with Gasteiger partial charge in [-0.05, 0) is 28.8 Å². The lowest BCUT2D eigenvalue weighted by Gasteiger charge is -2.22. The van der Waals surface area contributed by atoms with Gasteiger partial charge in [0.2, 0.25) is 0 Å². The highest BCUT2D eigenvalue weighted by Gasteiger charge is 2.13. The lowest BCUT2D eigenvalue weighted by atomic mass is 10.2. The van der Waals surface area contributed by atoms with Gasteiger partial charge in [0, 0.05) is 19.4 Å². The van der Waals surface area contributed by atoms with Gasteiger partial charge in [0.25, 0.3) is 0 Å². The van der Waals surface area contributed by atoms with Crippen LogP contribution >= 0.6 is 15.9 Å². The van der Waals surface area contributed by atoms with E-state index >= 15 is 0 Å². The van der Waals surface area contributed by atoms with Crippen molar-refractivity contribution in [2.45, 2.75) is 25.7 Å². The van der Waals surface area contributed by atoms with Crippen LogP contribution in [0.3, 0.4) is 0 Å². The van der Waals surface area contributed by atoms with E-state index < -0.39 is 0 Å². The second-order valence-corrected chi connectivity index (χ2v) is 4.22. The van der Waals surface area contributed by atoms with Gasteiger partial charge in [0.05, 0.1) is 16.8 Å². The number of hydrogen-bond acceptors (Lipinski definition) is 3. The summed E-state index contributed by atoms with van der Waals surface area (Å²) >= 11 is 3.34. The number of nitrogens with zero attached hydrogens (tertiary/aromatic N) is 2. The van der Waals surface area contributed by atoms with Crippen molar-refractivity contribution in [3.63, 3.8) is 0 Å². The monoisotopic (exact) mass is 260 g/mol. The molecular weight excluding hydrogens is 248 g/mol. The summed E-state index contributed by atoms with van der Waals surface area (Å²) in [5.74, 6) is 0. The molecule has 0 bridgehead atoms. The Morgan fingerprint density at radius 3 is 3.00 bits per heavy atom. The molecule has 1 saturated heterocycles. The van der Waals surface area contributed by atoms with Gasteiger partial charge >= 0.3 is 0 Å². The fourth-order valence-electron chi connectivity index (χ4n) is 1.43. The van der Waals surface area contributed by atoms with E-state index in [4.69, 9.17) is 9.47 Å². The lowest BCUT2D eigenvalue weighted by Crippen LogP contribution is -2.24. The molecule has 2 heterocycles. The predicted octanol–water partition coefficient (Wildman–Crippen LogP) is 1.80. The maximum Gasteiger partial charge on any atom is 0.139 e. The smallest absolute Gasteiger partial charge is 0.139 e. The normalized spacial score (nSPS) is 18.6. The lowest BCUT2D eigenvalue weighted by molar-refractivity contribution is -0.0599. The van der Waals surface area contributed by atoms with Gasteiger partial charge in [-0.15, -0.1) is 0 Å². The molecule has 2 rings (SSSR count). The van der Waals surface area contributed by atoms with Crippen LogP contribution in [0, 0.1) is 0 Å². The first kappa shape index (κ1) is 10.1. The van der Waals surface area contributed by atoms with Crippen LogP contribution in [0.5, 0.6) is 0 Å². The molecular formula is C9H13BrN2O2. The van der Waals surface area contributed by atoms with Crippen molar-refractivity contribution in [2.75, 3.05) is 13.2 Å². The second-order valence-electron chi connectivity index (χ2n) is 3.31. The molecule has 0 atom stereocenters. The Bertz CT molecular complexity index is 284. The fourth-order valence-corrected chi connectivity index (χ4v) is 1.76. The molecule has 1 aliphatic rings. The molecule has 1 fully saturated rings. The SMILES string of the molecule is Brc1cnn(COC2CCOCC2)c1. The molecule has 1 aromatic rings. The first-order valence-electron chi connectivity index (χ1n) is 4.72. The topological polar surface area (TPSA) is 36.3 Å². The Morgan fingerprint density at radius 1 is 1.57 bits per heavy atom. The first-order chi connectivity index (χ1) is 6.84. The summed E-state index contributed by atoms with van der Waals surface area (Å²) in [4.78, 5) is 0. The van der Waals surface area contributed by atoms with E-state index in [1.165, 1.54) is 0 Å². The van der Waals surface area contributed by atoms with Crippen LogP contribution in [0.2, 0.25) is 0 Å². The van der Waals surface area contributed by atoms with Crippen LogP contribution in [0.15, 0.2) is 16.9 Å². The summed E-state index contributed by atoms with van der Waals surface area (Å²) in [6, 6.07) is 0. The summed E-state index contributed by atoms with van der Waals surface area (Å²) in [6.07, 6.45) is 5.96. The average Bonchev–Trinajstić information content (AvgIpc) is 2.63. The van der Waals surface area contributed by atoms with Crippen LogP contribution in [0.25, 0.3) is 0 Å². The summed E-state index contributed by atoms with van der Waals surface area (Å²) in [5, 5.41) is 4.11. The number of rotatable bonds is 3. The molecule has 4 nitrogen and oxygen atoms in total. The van der Waals surface area contributed by atoms with E-state index in [1.54, 1.807) is 10.9 Å². The maximum atomic E-state index is 5.68. The molecule has 0 saturated carbocycles. The van der Waals surface area contributed by atoms with Crippen LogP contribution in [0.1, 0.15) is 12.8 Å². The van der Waals surface area contributed by atoms with E-state index in [-0.39, 0.29) is 0 Å². The van der Waals surface area contributed by atoms with E-state index in [1.807, 2.05) is 6.20 Å². The third kappa shape index (κ3) is 2.80. The zero-order valence-corrected chi connectivity index (χ0v) is 9.44. The van der Waals surface area contributed by atoms with Gasteiger partial charge in [-0.3, -0.25) is 0 Å². The standard InChI is InChI=1S/C9H13BrN2O2/c10-8-5-11-12(6-8)7-14-9-1-3-13-4-2-9/h5-6,9H,1-4,7H2. The molecule has 5 heteroatoms. The minimum Gasteiger partial charge on any atom is -0.381 e. The minimum absolute atomic E-state index is 0.326. The van der Waals surface area contributed by atoms with Crippen molar-refractivity contribution in [3.05, 3.63) is 16.9 Å². The number of ether oxygens (including phenoxy) is 2. The number of aromatic nitrogens is 2. The molecule has 1 aliphatic heterocycles. The summed E-state index contributed by atoms with van der Waals surface area (Å²) < 4.78 is 13.7. The zero-order chi connectivity index (χ0) is 9.80. The van der Waals surface area contributed by atoms with E-state index in [0.717, 1.165) is 30.5 Å². The molecule has 0 spiro atoms. The molecule has 14 heavy (non-hydrogen) atoms. The van der Waals surface area contributed by atoms with Crippen molar-refractivity contribution in [3.8, 4) is 0 Å². The molecule has 0 unspecified atom stereocenters. The Balaban J connectivity index is 1.76. The van der Waals surface area contributed by atoms with Crippen LogP contribution in [-0.2, 0) is 16.2 Å². The summed E-state index contributed by atoms with van der Waals surface area (Å²) in [6.45, 7) is 2.15. The Hall–Kier alpha value is -0.390. The first-order valence-corrected chi connectivity index (χ1v) is 5.51. The Morgan fingerprint density at radius 2 is 2.36 bits per heavy atom. The number of halogens is 1. The summed E-state index contributed by atoms with van der Waals surface area (Å²) in [7, 11) is 0. The van der Waals surface area contributed by atoms with Crippen molar-refractivity contribution < 1.29 is 9.47 Å². The van der Waals surface area contributed by atoms with Gasteiger partial charge < -0.3 is 9.47 Å².